The number of hydrogen-bond donors (Lipinski definition) is 2. The van der Waals surface area contributed by atoms with Gasteiger partial charge in [-0.25, -0.2) is 8.42 Å². The molecule has 0 aliphatic heterocycles. The van der Waals surface area contributed by atoms with Crippen molar-refractivity contribution in [2.75, 3.05) is 0 Å². The second-order valence-corrected chi connectivity index (χ2v) is 7.56. The number of thioether (sulfide) groups is 1. The molecule has 144 valence electrons. The molecule has 0 spiro atoms. The normalized spacial score (nSPS) is 12.2. The fraction of sp³-hybridized carbons (Fsp3) is 0.143. The zero-order valence-corrected chi connectivity index (χ0v) is 14.0. The summed E-state index contributed by atoms with van der Waals surface area (Å²) in [6, 6.07) is 8.00. The van der Waals surface area contributed by atoms with Crippen molar-refractivity contribution in [2.45, 2.75) is 20.8 Å². The van der Waals surface area contributed by atoms with Gasteiger partial charge in [-0.3, -0.25) is 0 Å². The van der Waals surface area contributed by atoms with Gasteiger partial charge < -0.3 is 10.2 Å². The van der Waals surface area contributed by atoms with E-state index in [2.05, 4.69) is 0 Å². The molecule has 2 N–H and O–H groups in total. The standard InChI is InChI=1S/C7H5F3O3S.C7H5F3OS/c8-7(9,10)14(12,13)6-3-1-5(11)2-4-6;8-7(9,10)12-6-3-1-5(11)2-4-6/h1-4,11H;1-4,11H. The molecule has 0 fully saturated rings. The summed E-state index contributed by atoms with van der Waals surface area (Å²) in [4.78, 5) is -0.817. The van der Waals surface area contributed by atoms with Gasteiger partial charge >= 0.3 is 11.0 Å². The molecule has 0 heterocycles. The van der Waals surface area contributed by atoms with Gasteiger partial charge in [0.05, 0.1) is 4.90 Å². The number of hydrogen-bond acceptors (Lipinski definition) is 5. The van der Waals surface area contributed by atoms with Gasteiger partial charge in [0, 0.05) is 4.90 Å². The molecule has 26 heavy (non-hydrogen) atoms. The maximum absolute atomic E-state index is 12.0. The maximum atomic E-state index is 12.0. The highest BCUT2D eigenvalue weighted by Crippen LogP contribution is 2.37. The van der Waals surface area contributed by atoms with Gasteiger partial charge in [0.2, 0.25) is 0 Å². The SMILES string of the molecule is O=S(=O)(c1ccc(O)cc1)C(F)(F)F.Oc1ccc(SC(F)(F)F)cc1. The van der Waals surface area contributed by atoms with Crippen LogP contribution in [0.2, 0.25) is 0 Å². The minimum atomic E-state index is -5.32. The predicted molar refractivity (Wildman–Crippen MR) is 81.4 cm³/mol. The fourth-order valence-corrected chi connectivity index (χ4v) is 2.71. The number of aromatic hydroxyl groups is 2. The summed E-state index contributed by atoms with van der Waals surface area (Å²) in [7, 11) is -5.30. The minimum Gasteiger partial charge on any atom is -0.508 e. The Kier molecular flexibility index (Phi) is 6.82. The predicted octanol–water partition coefficient (Wildman–Crippen LogP) is 4.69. The molecule has 0 radical (unpaired) electrons. The third-order valence-electron chi connectivity index (χ3n) is 2.52. The van der Waals surface area contributed by atoms with Gasteiger partial charge in [-0.15, -0.1) is 0 Å². The van der Waals surface area contributed by atoms with E-state index in [1.807, 2.05) is 0 Å². The average Bonchev–Trinajstić information content (AvgIpc) is 2.48. The van der Waals surface area contributed by atoms with E-state index >= 15 is 0 Å². The van der Waals surface area contributed by atoms with Crippen molar-refractivity contribution in [3.8, 4) is 11.5 Å². The molecule has 0 aliphatic carbocycles. The van der Waals surface area contributed by atoms with Gasteiger partial charge in [-0.1, -0.05) is 0 Å². The van der Waals surface area contributed by atoms with Crippen molar-refractivity contribution in [3.05, 3.63) is 48.5 Å². The van der Waals surface area contributed by atoms with Crippen molar-refractivity contribution in [1.29, 1.82) is 0 Å². The monoisotopic (exact) mass is 420 g/mol. The van der Waals surface area contributed by atoms with E-state index in [1.54, 1.807) is 0 Å². The Morgan fingerprint density at radius 3 is 1.46 bits per heavy atom. The first-order valence-electron chi connectivity index (χ1n) is 6.37. The first-order valence-corrected chi connectivity index (χ1v) is 8.67. The third-order valence-corrected chi connectivity index (χ3v) is 4.76. The van der Waals surface area contributed by atoms with E-state index in [0.717, 1.165) is 12.1 Å². The molecule has 0 atom stereocenters. The molecule has 0 aliphatic rings. The molecule has 0 saturated carbocycles. The van der Waals surface area contributed by atoms with Crippen LogP contribution in [0.15, 0.2) is 58.3 Å². The molecular formula is C14H10F6O4S2. The van der Waals surface area contributed by atoms with E-state index < -0.39 is 25.7 Å². The van der Waals surface area contributed by atoms with E-state index in [4.69, 9.17) is 10.2 Å². The second kappa shape index (κ2) is 8.08. The Morgan fingerprint density at radius 1 is 0.731 bits per heavy atom. The van der Waals surface area contributed by atoms with Crippen LogP contribution in [0.5, 0.6) is 11.5 Å². The van der Waals surface area contributed by atoms with Crippen LogP contribution in [-0.2, 0) is 9.84 Å². The number of phenols is 2. The number of rotatable bonds is 2. The van der Waals surface area contributed by atoms with Crippen LogP contribution < -0.4 is 0 Å². The van der Waals surface area contributed by atoms with Gasteiger partial charge in [-0.2, -0.15) is 26.3 Å². The third kappa shape index (κ3) is 6.67. The van der Waals surface area contributed by atoms with Crippen LogP contribution in [0.4, 0.5) is 26.3 Å². The summed E-state index contributed by atoms with van der Waals surface area (Å²) >= 11 is -0.202. The van der Waals surface area contributed by atoms with Crippen LogP contribution in [0.3, 0.4) is 0 Å². The molecule has 0 saturated heterocycles. The number of halogens is 6. The van der Waals surface area contributed by atoms with Crippen LogP contribution in [0.25, 0.3) is 0 Å². The smallest absolute Gasteiger partial charge is 0.501 e. The molecule has 4 nitrogen and oxygen atoms in total. The van der Waals surface area contributed by atoms with Gasteiger partial charge in [-0.05, 0) is 60.3 Å². The zero-order chi connectivity index (χ0) is 20.2. The van der Waals surface area contributed by atoms with Crippen LogP contribution in [-0.4, -0.2) is 29.6 Å². The summed E-state index contributed by atoms with van der Waals surface area (Å²) in [5.41, 5.74) is -9.58. The van der Waals surface area contributed by atoms with Gasteiger partial charge in [0.25, 0.3) is 9.84 Å². The summed E-state index contributed by atoms with van der Waals surface area (Å²) in [5.74, 6) is -0.340. The molecule has 2 aromatic rings. The molecule has 0 amide bonds. The Bertz CT molecular complexity index is 813. The zero-order valence-electron chi connectivity index (χ0n) is 12.4. The van der Waals surface area contributed by atoms with Gasteiger partial charge in [0.15, 0.2) is 0 Å². The van der Waals surface area contributed by atoms with E-state index in [9.17, 15) is 34.8 Å². The van der Waals surface area contributed by atoms with Crippen molar-refractivity contribution >= 4 is 21.6 Å². The lowest BCUT2D eigenvalue weighted by Crippen LogP contribution is -2.23. The highest BCUT2D eigenvalue weighted by molar-refractivity contribution is 8.00. The minimum absolute atomic E-state index is 0.0403. The van der Waals surface area contributed by atoms with Crippen molar-refractivity contribution < 1.29 is 45.0 Å². The molecular weight excluding hydrogens is 410 g/mol. The first kappa shape index (κ1) is 22.0. The summed E-state index contributed by atoms with van der Waals surface area (Å²) in [6.45, 7) is 0. The lowest BCUT2D eigenvalue weighted by Gasteiger charge is -2.07. The Labute approximate surface area is 148 Å². The highest BCUT2D eigenvalue weighted by Gasteiger charge is 2.46. The van der Waals surface area contributed by atoms with Gasteiger partial charge in [0.1, 0.15) is 11.5 Å². The molecule has 12 heteroatoms. The number of benzene rings is 2. The van der Waals surface area contributed by atoms with Crippen LogP contribution in [0, 0.1) is 0 Å². The summed E-state index contributed by atoms with van der Waals surface area (Å²) < 4.78 is 92.7. The topological polar surface area (TPSA) is 74.6 Å². The quantitative estimate of drug-likeness (QED) is 0.545. The molecule has 0 bridgehead atoms. The van der Waals surface area contributed by atoms with Crippen LogP contribution in [0.1, 0.15) is 0 Å². The lowest BCUT2D eigenvalue weighted by atomic mass is 10.3. The summed E-state index contributed by atoms with van der Waals surface area (Å²) in [6.07, 6.45) is 0. The van der Waals surface area contributed by atoms with Crippen molar-refractivity contribution in [2.24, 2.45) is 0 Å². The van der Waals surface area contributed by atoms with E-state index in [1.165, 1.54) is 24.3 Å². The van der Waals surface area contributed by atoms with E-state index in [0.29, 0.717) is 12.1 Å². The number of sulfone groups is 1. The lowest BCUT2D eigenvalue weighted by molar-refractivity contribution is -0.0436. The Hall–Kier alpha value is -2.08. The second-order valence-electron chi connectivity index (χ2n) is 4.48. The molecule has 2 aromatic carbocycles. The maximum Gasteiger partial charge on any atom is 0.501 e. The van der Waals surface area contributed by atoms with Crippen LogP contribution >= 0.6 is 11.8 Å². The average molecular weight is 420 g/mol. The Morgan fingerprint density at radius 2 is 1.12 bits per heavy atom. The van der Waals surface area contributed by atoms with Crippen molar-refractivity contribution in [3.63, 3.8) is 0 Å². The first-order chi connectivity index (χ1) is 11.7. The van der Waals surface area contributed by atoms with Crippen molar-refractivity contribution in [1.82, 2.24) is 0 Å². The molecule has 2 rings (SSSR count). The van der Waals surface area contributed by atoms with E-state index in [-0.39, 0.29) is 28.2 Å². The fourth-order valence-electron chi connectivity index (χ4n) is 1.41. The summed E-state index contributed by atoms with van der Waals surface area (Å²) in [5, 5.41) is 17.5. The number of phenolic OH excluding ortho intramolecular Hbond substituents is 2. The number of alkyl halides is 6. The Balaban J connectivity index is 0.000000263. The molecule has 0 aromatic heterocycles. The molecule has 0 unspecified atom stereocenters. The highest BCUT2D eigenvalue weighted by atomic mass is 32.2. The largest absolute Gasteiger partial charge is 0.508 e.